The Morgan fingerprint density at radius 3 is 2.55 bits per heavy atom. The van der Waals surface area contributed by atoms with Gasteiger partial charge in [0.05, 0.1) is 21.4 Å². The molecule has 0 spiro atoms. The van der Waals surface area contributed by atoms with Gasteiger partial charge in [-0.1, -0.05) is 36.2 Å². The van der Waals surface area contributed by atoms with E-state index in [1.54, 1.807) is 12.4 Å². The quantitative estimate of drug-likeness (QED) is 0.893. The lowest BCUT2D eigenvalue weighted by Gasteiger charge is -2.17. The first-order valence-corrected chi connectivity index (χ1v) is 7.31. The van der Waals surface area contributed by atoms with Crippen molar-refractivity contribution in [1.82, 2.24) is 15.3 Å². The molecule has 1 heterocycles. The van der Waals surface area contributed by atoms with Crippen LogP contribution in [0.1, 0.15) is 36.3 Å². The van der Waals surface area contributed by atoms with Crippen molar-refractivity contribution in [3.8, 4) is 0 Å². The Morgan fingerprint density at radius 2 is 1.95 bits per heavy atom. The minimum absolute atomic E-state index is 0.216. The standard InChI is InChI=1S/C15H17Cl2N3/c1-3-15(11-4-5-13(16)14(17)6-11)20-9-12-8-18-10(2)7-19-12/h4-8,15,20H,3,9H2,1-2H3. The number of nitrogens with zero attached hydrogens (tertiary/aromatic N) is 2. The van der Waals surface area contributed by atoms with E-state index in [-0.39, 0.29) is 6.04 Å². The third-order valence-electron chi connectivity index (χ3n) is 3.12. The van der Waals surface area contributed by atoms with E-state index >= 15 is 0 Å². The summed E-state index contributed by atoms with van der Waals surface area (Å²) in [6.07, 6.45) is 4.53. The first-order valence-electron chi connectivity index (χ1n) is 6.56. The zero-order valence-electron chi connectivity index (χ0n) is 11.5. The van der Waals surface area contributed by atoms with Gasteiger partial charge < -0.3 is 5.32 Å². The van der Waals surface area contributed by atoms with Gasteiger partial charge >= 0.3 is 0 Å². The van der Waals surface area contributed by atoms with Crippen LogP contribution in [0.3, 0.4) is 0 Å². The number of aryl methyl sites for hydroxylation is 1. The third-order valence-corrected chi connectivity index (χ3v) is 3.86. The highest BCUT2D eigenvalue weighted by molar-refractivity contribution is 6.42. The van der Waals surface area contributed by atoms with Crippen LogP contribution in [0, 0.1) is 6.92 Å². The second-order valence-electron chi connectivity index (χ2n) is 4.66. The van der Waals surface area contributed by atoms with Gasteiger partial charge in [-0.2, -0.15) is 0 Å². The molecule has 1 aromatic carbocycles. The van der Waals surface area contributed by atoms with Crippen molar-refractivity contribution in [3.05, 3.63) is 57.6 Å². The Labute approximate surface area is 129 Å². The lowest BCUT2D eigenvalue weighted by Crippen LogP contribution is -2.21. The van der Waals surface area contributed by atoms with Crippen LogP contribution in [0.25, 0.3) is 0 Å². The molecule has 0 aliphatic carbocycles. The first-order chi connectivity index (χ1) is 9.60. The largest absolute Gasteiger partial charge is 0.304 e. The van der Waals surface area contributed by atoms with Crippen LogP contribution >= 0.6 is 23.2 Å². The predicted octanol–water partition coefficient (Wildman–Crippen LogP) is 4.33. The molecule has 0 radical (unpaired) electrons. The molecule has 0 aliphatic heterocycles. The molecule has 0 saturated carbocycles. The summed E-state index contributed by atoms with van der Waals surface area (Å²) in [5.41, 5.74) is 2.97. The van der Waals surface area contributed by atoms with Gasteiger partial charge in [0.1, 0.15) is 0 Å². The Hall–Kier alpha value is -1.16. The summed E-state index contributed by atoms with van der Waals surface area (Å²) in [6, 6.07) is 5.95. The Kier molecular flexibility index (Phi) is 5.35. The van der Waals surface area contributed by atoms with Gasteiger partial charge in [0, 0.05) is 25.0 Å². The first kappa shape index (κ1) is 15.2. The molecule has 1 atom stereocenters. The monoisotopic (exact) mass is 309 g/mol. The zero-order chi connectivity index (χ0) is 14.5. The molecule has 3 nitrogen and oxygen atoms in total. The van der Waals surface area contributed by atoms with E-state index in [1.165, 1.54) is 0 Å². The average Bonchev–Trinajstić information content (AvgIpc) is 2.45. The fourth-order valence-electron chi connectivity index (χ4n) is 1.97. The predicted molar refractivity (Wildman–Crippen MR) is 83.1 cm³/mol. The summed E-state index contributed by atoms with van der Waals surface area (Å²) in [6.45, 7) is 4.72. The van der Waals surface area contributed by atoms with Crippen LogP contribution in [0.2, 0.25) is 10.0 Å². The van der Waals surface area contributed by atoms with Crippen LogP contribution < -0.4 is 5.32 Å². The molecule has 2 aromatic rings. The number of benzene rings is 1. The second kappa shape index (κ2) is 7.02. The summed E-state index contributed by atoms with van der Waals surface area (Å²) >= 11 is 12.0. The van der Waals surface area contributed by atoms with Gasteiger partial charge in [-0.25, -0.2) is 0 Å². The molecule has 5 heteroatoms. The van der Waals surface area contributed by atoms with Crippen molar-refractivity contribution in [2.75, 3.05) is 0 Å². The molecule has 0 fully saturated rings. The van der Waals surface area contributed by atoms with Gasteiger partial charge in [-0.15, -0.1) is 0 Å². The fourth-order valence-corrected chi connectivity index (χ4v) is 2.27. The van der Waals surface area contributed by atoms with Gasteiger partial charge in [0.15, 0.2) is 0 Å². The van der Waals surface area contributed by atoms with Crippen molar-refractivity contribution < 1.29 is 0 Å². The zero-order valence-corrected chi connectivity index (χ0v) is 13.0. The van der Waals surface area contributed by atoms with Crippen molar-refractivity contribution >= 4 is 23.2 Å². The lowest BCUT2D eigenvalue weighted by molar-refractivity contribution is 0.513. The molecule has 1 unspecified atom stereocenters. The van der Waals surface area contributed by atoms with Gasteiger partial charge in [-0.05, 0) is 31.0 Å². The van der Waals surface area contributed by atoms with E-state index in [2.05, 4.69) is 22.2 Å². The van der Waals surface area contributed by atoms with E-state index in [0.29, 0.717) is 16.6 Å². The molecule has 0 amide bonds. The number of halogens is 2. The van der Waals surface area contributed by atoms with E-state index in [1.807, 2.05) is 25.1 Å². The summed E-state index contributed by atoms with van der Waals surface area (Å²) < 4.78 is 0. The Balaban J connectivity index is 2.05. The third kappa shape index (κ3) is 3.92. The molecule has 106 valence electrons. The maximum atomic E-state index is 6.07. The molecule has 1 aromatic heterocycles. The fraction of sp³-hybridized carbons (Fsp3) is 0.333. The number of rotatable bonds is 5. The minimum atomic E-state index is 0.216. The number of aromatic nitrogens is 2. The maximum absolute atomic E-state index is 6.07. The molecule has 2 rings (SSSR count). The molecule has 1 N–H and O–H groups in total. The van der Waals surface area contributed by atoms with Crippen molar-refractivity contribution in [3.63, 3.8) is 0 Å². The highest BCUT2D eigenvalue weighted by Crippen LogP contribution is 2.26. The van der Waals surface area contributed by atoms with E-state index < -0.39 is 0 Å². The summed E-state index contributed by atoms with van der Waals surface area (Å²) in [7, 11) is 0. The topological polar surface area (TPSA) is 37.8 Å². The second-order valence-corrected chi connectivity index (χ2v) is 5.48. The van der Waals surface area contributed by atoms with Gasteiger partial charge in [0.25, 0.3) is 0 Å². The summed E-state index contributed by atoms with van der Waals surface area (Å²) in [4.78, 5) is 8.58. The van der Waals surface area contributed by atoms with Crippen molar-refractivity contribution in [1.29, 1.82) is 0 Å². The molecule has 0 bridgehead atoms. The molecular formula is C15H17Cl2N3. The molecular weight excluding hydrogens is 293 g/mol. The number of nitrogens with one attached hydrogen (secondary N) is 1. The number of hydrogen-bond donors (Lipinski definition) is 1. The summed E-state index contributed by atoms with van der Waals surface area (Å²) in [5, 5.41) is 4.63. The van der Waals surface area contributed by atoms with Gasteiger partial charge in [0.2, 0.25) is 0 Å². The molecule has 20 heavy (non-hydrogen) atoms. The average molecular weight is 310 g/mol. The van der Waals surface area contributed by atoms with E-state index in [0.717, 1.165) is 23.4 Å². The van der Waals surface area contributed by atoms with Crippen LogP contribution in [0.15, 0.2) is 30.6 Å². The van der Waals surface area contributed by atoms with Crippen LogP contribution in [-0.2, 0) is 6.54 Å². The smallest absolute Gasteiger partial charge is 0.0724 e. The van der Waals surface area contributed by atoms with E-state index in [9.17, 15) is 0 Å². The lowest BCUT2D eigenvalue weighted by atomic mass is 10.0. The van der Waals surface area contributed by atoms with Crippen molar-refractivity contribution in [2.45, 2.75) is 32.9 Å². The van der Waals surface area contributed by atoms with Crippen LogP contribution in [0.4, 0.5) is 0 Å². The SMILES string of the molecule is CCC(NCc1cnc(C)cn1)c1ccc(Cl)c(Cl)c1. The minimum Gasteiger partial charge on any atom is -0.304 e. The van der Waals surface area contributed by atoms with Crippen LogP contribution in [0.5, 0.6) is 0 Å². The Bertz CT molecular complexity index is 570. The molecule has 0 saturated heterocycles. The van der Waals surface area contributed by atoms with Crippen molar-refractivity contribution in [2.24, 2.45) is 0 Å². The highest BCUT2D eigenvalue weighted by Gasteiger charge is 2.10. The van der Waals surface area contributed by atoms with Crippen LogP contribution in [-0.4, -0.2) is 9.97 Å². The van der Waals surface area contributed by atoms with Gasteiger partial charge in [-0.3, -0.25) is 9.97 Å². The van der Waals surface area contributed by atoms with E-state index in [4.69, 9.17) is 23.2 Å². The maximum Gasteiger partial charge on any atom is 0.0724 e. The Morgan fingerprint density at radius 1 is 1.15 bits per heavy atom. The molecule has 0 aliphatic rings. The number of hydrogen-bond acceptors (Lipinski definition) is 3. The summed E-state index contributed by atoms with van der Waals surface area (Å²) in [5.74, 6) is 0. The normalized spacial score (nSPS) is 12.4. The highest BCUT2D eigenvalue weighted by atomic mass is 35.5.